The summed E-state index contributed by atoms with van der Waals surface area (Å²) in [6.45, 7) is 1.97. The van der Waals surface area contributed by atoms with Gasteiger partial charge in [-0.25, -0.2) is 9.37 Å². The fraction of sp³-hybridized carbons (Fsp3) is 0.550. The molecule has 2 aliphatic rings. The van der Waals surface area contributed by atoms with E-state index in [0.29, 0.717) is 39.7 Å². The first-order chi connectivity index (χ1) is 14.5. The highest BCUT2D eigenvalue weighted by molar-refractivity contribution is 6.35. The zero-order valence-electron chi connectivity index (χ0n) is 16.9. The van der Waals surface area contributed by atoms with Crippen molar-refractivity contribution in [3.63, 3.8) is 0 Å². The number of anilines is 2. The third-order valence-corrected chi connectivity index (χ3v) is 6.34. The molecule has 10 heteroatoms. The van der Waals surface area contributed by atoms with Crippen LogP contribution in [0.2, 0.25) is 5.02 Å². The third-order valence-electron chi connectivity index (χ3n) is 6.04. The SMILES string of the molecule is COC1CCC(n2nc3c(c2C)Nc2ncc4c(Cl)cn(c4n2)C[C@H](F)CO3)CC1. The molecule has 5 rings (SSSR count). The van der Waals surface area contributed by atoms with Crippen LogP contribution in [0.4, 0.5) is 16.0 Å². The second kappa shape index (κ2) is 7.70. The molecule has 0 aromatic carbocycles. The molecule has 30 heavy (non-hydrogen) atoms. The molecule has 1 aliphatic carbocycles. The molecule has 0 amide bonds. The number of hydrogen-bond donors (Lipinski definition) is 1. The van der Waals surface area contributed by atoms with Gasteiger partial charge in [0, 0.05) is 19.5 Å². The van der Waals surface area contributed by atoms with Gasteiger partial charge in [-0.3, -0.25) is 4.68 Å². The number of nitrogens with zero attached hydrogens (tertiary/aromatic N) is 5. The average Bonchev–Trinajstić information content (AvgIpc) is 3.22. The quantitative estimate of drug-likeness (QED) is 0.651. The van der Waals surface area contributed by atoms with Crippen LogP contribution in [0.5, 0.6) is 5.88 Å². The molecule has 3 aromatic heterocycles. The van der Waals surface area contributed by atoms with Gasteiger partial charge in [0.25, 0.3) is 5.88 Å². The maximum absolute atomic E-state index is 14.7. The summed E-state index contributed by atoms with van der Waals surface area (Å²) >= 11 is 6.27. The van der Waals surface area contributed by atoms with Crippen molar-refractivity contribution >= 4 is 34.3 Å². The number of nitrogens with one attached hydrogen (secondary N) is 1. The Morgan fingerprint density at radius 2 is 2.10 bits per heavy atom. The van der Waals surface area contributed by atoms with Gasteiger partial charge in [0.2, 0.25) is 5.95 Å². The zero-order chi connectivity index (χ0) is 20.8. The smallest absolute Gasteiger partial charge is 0.257 e. The first-order valence-corrected chi connectivity index (χ1v) is 10.6. The molecule has 1 saturated carbocycles. The lowest BCUT2D eigenvalue weighted by Crippen LogP contribution is -2.24. The van der Waals surface area contributed by atoms with Crippen molar-refractivity contribution < 1.29 is 13.9 Å². The summed E-state index contributed by atoms with van der Waals surface area (Å²) in [6, 6.07) is 0.253. The molecule has 0 radical (unpaired) electrons. The van der Waals surface area contributed by atoms with E-state index < -0.39 is 6.17 Å². The van der Waals surface area contributed by atoms with Crippen LogP contribution in [-0.2, 0) is 11.3 Å². The van der Waals surface area contributed by atoms with Crippen molar-refractivity contribution in [1.29, 1.82) is 0 Å². The van der Waals surface area contributed by atoms with Crippen LogP contribution in [0.25, 0.3) is 11.0 Å². The van der Waals surface area contributed by atoms with E-state index in [2.05, 4.69) is 20.4 Å². The summed E-state index contributed by atoms with van der Waals surface area (Å²) in [5, 5.41) is 9.12. The van der Waals surface area contributed by atoms with Crippen LogP contribution in [-0.4, -0.2) is 50.3 Å². The van der Waals surface area contributed by atoms with E-state index in [4.69, 9.17) is 21.1 Å². The van der Waals surface area contributed by atoms with E-state index in [1.807, 2.05) is 11.6 Å². The van der Waals surface area contributed by atoms with Gasteiger partial charge in [-0.05, 0) is 32.6 Å². The van der Waals surface area contributed by atoms with Crippen molar-refractivity contribution in [2.24, 2.45) is 0 Å². The van der Waals surface area contributed by atoms with E-state index in [-0.39, 0.29) is 19.2 Å². The largest absolute Gasteiger partial charge is 0.472 e. The summed E-state index contributed by atoms with van der Waals surface area (Å²) in [5.41, 5.74) is 2.17. The second-order valence-electron chi connectivity index (χ2n) is 7.97. The predicted molar refractivity (Wildman–Crippen MR) is 111 cm³/mol. The molecular weight excluding hydrogens is 411 g/mol. The first kappa shape index (κ1) is 19.6. The number of alkyl halides is 1. The molecule has 0 saturated heterocycles. The Bertz CT molecular complexity index is 1080. The lowest BCUT2D eigenvalue weighted by molar-refractivity contribution is 0.0562. The highest BCUT2D eigenvalue weighted by atomic mass is 35.5. The van der Waals surface area contributed by atoms with Crippen LogP contribution in [0.15, 0.2) is 12.4 Å². The van der Waals surface area contributed by atoms with Gasteiger partial charge in [-0.15, -0.1) is 5.10 Å². The molecule has 1 atom stereocenters. The molecule has 1 N–H and O–H groups in total. The fourth-order valence-electron chi connectivity index (χ4n) is 4.39. The molecule has 160 valence electrons. The molecule has 0 unspecified atom stereocenters. The van der Waals surface area contributed by atoms with E-state index in [1.54, 1.807) is 24.1 Å². The summed E-state index contributed by atoms with van der Waals surface area (Å²) in [4.78, 5) is 8.96. The van der Waals surface area contributed by atoms with Crippen LogP contribution in [0, 0.1) is 6.92 Å². The highest BCUT2D eigenvalue weighted by Gasteiger charge is 2.28. The van der Waals surface area contributed by atoms with Crippen molar-refractivity contribution in [1.82, 2.24) is 24.3 Å². The van der Waals surface area contributed by atoms with Gasteiger partial charge in [-0.2, -0.15) is 4.98 Å². The number of aromatic nitrogens is 5. The minimum atomic E-state index is -1.23. The van der Waals surface area contributed by atoms with Crippen molar-refractivity contribution in [3.8, 4) is 5.88 Å². The van der Waals surface area contributed by atoms with E-state index in [9.17, 15) is 4.39 Å². The van der Waals surface area contributed by atoms with Gasteiger partial charge in [0.1, 0.15) is 17.9 Å². The van der Waals surface area contributed by atoms with Gasteiger partial charge < -0.3 is 19.4 Å². The molecule has 1 aliphatic heterocycles. The maximum Gasteiger partial charge on any atom is 0.257 e. The van der Waals surface area contributed by atoms with Gasteiger partial charge in [0.15, 0.2) is 6.17 Å². The predicted octanol–water partition coefficient (Wildman–Crippen LogP) is 4.19. The first-order valence-electron chi connectivity index (χ1n) is 10.2. The van der Waals surface area contributed by atoms with Crippen molar-refractivity contribution in [2.75, 3.05) is 19.0 Å². The number of rotatable bonds is 2. The van der Waals surface area contributed by atoms with Crippen LogP contribution in [0.1, 0.15) is 37.4 Å². The second-order valence-corrected chi connectivity index (χ2v) is 8.38. The Morgan fingerprint density at radius 3 is 2.87 bits per heavy atom. The van der Waals surface area contributed by atoms with Crippen LogP contribution < -0.4 is 10.1 Å². The monoisotopic (exact) mass is 434 g/mol. The topological polar surface area (TPSA) is 79.0 Å². The van der Waals surface area contributed by atoms with Gasteiger partial charge >= 0.3 is 0 Å². The van der Waals surface area contributed by atoms with Crippen LogP contribution >= 0.6 is 11.6 Å². The molecule has 2 bridgehead atoms. The molecule has 1 fully saturated rings. The fourth-order valence-corrected chi connectivity index (χ4v) is 4.64. The van der Waals surface area contributed by atoms with Crippen molar-refractivity contribution in [3.05, 3.63) is 23.1 Å². The molecule has 3 aromatic rings. The Balaban J connectivity index is 1.53. The number of hydrogen-bond acceptors (Lipinski definition) is 6. The Kier molecular flexibility index (Phi) is 5.02. The Labute approximate surface area is 178 Å². The molecule has 0 spiro atoms. The minimum Gasteiger partial charge on any atom is -0.472 e. The summed E-state index contributed by atoms with van der Waals surface area (Å²) < 4.78 is 29.7. The standard InChI is InChI=1S/C20H24ClFN6O2/c1-11-17-19(26-28(11)13-3-5-14(29-2)6-4-13)30-10-12(22)8-27-9-16(21)15-7-23-20(24-17)25-18(15)27/h7,9,12-14H,3-6,8,10H2,1-2H3,(H,23,24,25)/t12-,13?,14?/m0/s1. The Morgan fingerprint density at radius 1 is 1.30 bits per heavy atom. The number of halogens is 2. The maximum atomic E-state index is 14.7. The van der Waals surface area contributed by atoms with Crippen LogP contribution in [0.3, 0.4) is 0 Å². The molecule has 4 heterocycles. The van der Waals surface area contributed by atoms with E-state index in [1.165, 1.54) is 0 Å². The summed E-state index contributed by atoms with van der Waals surface area (Å²) in [6.07, 6.45) is 6.33. The summed E-state index contributed by atoms with van der Waals surface area (Å²) in [7, 11) is 1.76. The molecule has 8 nitrogen and oxygen atoms in total. The number of fused-ring (bicyclic) bond motifs is 2. The summed E-state index contributed by atoms with van der Waals surface area (Å²) in [5.74, 6) is 0.767. The lowest BCUT2D eigenvalue weighted by atomic mass is 9.93. The van der Waals surface area contributed by atoms with Gasteiger partial charge in [-0.1, -0.05) is 11.6 Å². The molecular formula is C20H24ClFN6O2. The number of methoxy groups -OCH3 is 1. The third kappa shape index (κ3) is 3.39. The Hall–Kier alpha value is -2.39. The van der Waals surface area contributed by atoms with E-state index in [0.717, 1.165) is 31.4 Å². The normalized spacial score (nSPS) is 24.2. The highest BCUT2D eigenvalue weighted by Crippen LogP contribution is 2.37. The number of ether oxygens (including phenoxy) is 2. The van der Waals surface area contributed by atoms with Crippen molar-refractivity contribution in [2.45, 2.75) is 57.5 Å². The lowest BCUT2D eigenvalue weighted by Gasteiger charge is -2.28. The average molecular weight is 435 g/mol. The minimum absolute atomic E-state index is 0.0930. The van der Waals surface area contributed by atoms with E-state index >= 15 is 0 Å². The zero-order valence-corrected chi connectivity index (χ0v) is 17.7. The van der Waals surface area contributed by atoms with Gasteiger partial charge in [0.05, 0.1) is 34.8 Å².